The Morgan fingerprint density at radius 2 is 1.71 bits per heavy atom. The van der Waals surface area contributed by atoms with E-state index in [9.17, 15) is 4.79 Å². The number of carbonyl (C=O) groups excluding carboxylic acids is 1. The highest BCUT2D eigenvalue weighted by molar-refractivity contribution is 5.81. The summed E-state index contributed by atoms with van der Waals surface area (Å²) in [5.74, 6) is 0.148. The molecule has 82 valence electrons. The average Bonchev–Trinajstić information content (AvgIpc) is 2.15. The molecule has 2 N–H and O–H groups in total. The van der Waals surface area contributed by atoms with E-state index in [2.05, 4.69) is 0 Å². The zero-order valence-corrected chi connectivity index (χ0v) is 9.17. The van der Waals surface area contributed by atoms with Gasteiger partial charge in [0.25, 0.3) is 0 Å². The molecule has 0 saturated carbocycles. The van der Waals surface area contributed by atoms with Gasteiger partial charge >= 0.3 is 0 Å². The molecule has 0 radical (unpaired) electrons. The van der Waals surface area contributed by atoms with Gasteiger partial charge in [-0.2, -0.15) is 0 Å². The fourth-order valence-corrected chi connectivity index (χ4v) is 1.88. The van der Waals surface area contributed by atoms with Crippen LogP contribution in [-0.4, -0.2) is 29.9 Å². The maximum atomic E-state index is 11.8. The Kier molecular flexibility index (Phi) is 4.94. The molecule has 0 aromatic heterocycles. The van der Waals surface area contributed by atoms with E-state index in [1.807, 2.05) is 11.8 Å². The lowest BCUT2D eigenvalue weighted by atomic mass is 10.1. The molecular weight excluding hydrogens is 176 g/mol. The highest BCUT2D eigenvalue weighted by Gasteiger charge is 2.19. The number of carbonyl (C=O) groups is 1. The Hall–Kier alpha value is -0.570. The van der Waals surface area contributed by atoms with Crippen molar-refractivity contribution in [1.82, 2.24) is 4.90 Å². The van der Waals surface area contributed by atoms with Crippen molar-refractivity contribution in [2.45, 2.75) is 51.5 Å². The van der Waals surface area contributed by atoms with Crippen molar-refractivity contribution in [3.05, 3.63) is 0 Å². The topological polar surface area (TPSA) is 46.3 Å². The van der Waals surface area contributed by atoms with Crippen molar-refractivity contribution in [3.8, 4) is 0 Å². The largest absolute Gasteiger partial charge is 0.341 e. The lowest BCUT2D eigenvalue weighted by Crippen LogP contribution is -2.44. The zero-order valence-electron chi connectivity index (χ0n) is 9.17. The molecule has 1 fully saturated rings. The summed E-state index contributed by atoms with van der Waals surface area (Å²) in [5.41, 5.74) is 5.75. The molecule has 1 heterocycles. The van der Waals surface area contributed by atoms with Gasteiger partial charge < -0.3 is 10.6 Å². The van der Waals surface area contributed by atoms with E-state index in [4.69, 9.17) is 5.73 Å². The average molecular weight is 198 g/mol. The Bertz CT molecular complexity index is 174. The van der Waals surface area contributed by atoms with Crippen LogP contribution < -0.4 is 5.73 Å². The second kappa shape index (κ2) is 6.02. The van der Waals surface area contributed by atoms with Crippen molar-refractivity contribution < 1.29 is 4.79 Å². The van der Waals surface area contributed by atoms with Crippen molar-refractivity contribution in [2.75, 3.05) is 13.1 Å². The maximum absolute atomic E-state index is 11.8. The van der Waals surface area contributed by atoms with E-state index in [0.717, 1.165) is 32.4 Å². The standard InChI is InChI=1S/C11H22N2O/c1-2-10(12)11(14)13-8-6-4-3-5-7-9-13/h10H,2-9,12H2,1H3/t10-/m0/s1. The number of amides is 1. The molecule has 1 amide bonds. The molecule has 0 spiro atoms. The second-order valence-corrected chi connectivity index (χ2v) is 4.11. The van der Waals surface area contributed by atoms with Gasteiger partial charge in [-0.15, -0.1) is 0 Å². The van der Waals surface area contributed by atoms with Crippen molar-refractivity contribution in [2.24, 2.45) is 5.73 Å². The van der Waals surface area contributed by atoms with Crippen LogP contribution in [0, 0.1) is 0 Å². The zero-order chi connectivity index (χ0) is 10.4. The Balaban J connectivity index is 2.42. The van der Waals surface area contributed by atoms with E-state index in [1.54, 1.807) is 0 Å². The minimum absolute atomic E-state index is 0.148. The minimum Gasteiger partial charge on any atom is -0.341 e. The van der Waals surface area contributed by atoms with Crippen LogP contribution in [0.25, 0.3) is 0 Å². The summed E-state index contributed by atoms with van der Waals surface area (Å²) >= 11 is 0. The molecule has 1 saturated heterocycles. The normalized spacial score (nSPS) is 21.1. The highest BCUT2D eigenvalue weighted by Crippen LogP contribution is 2.11. The Morgan fingerprint density at radius 1 is 1.21 bits per heavy atom. The Labute approximate surface area is 86.6 Å². The van der Waals surface area contributed by atoms with Crippen LogP contribution in [-0.2, 0) is 4.79 Å². The molecule has 1 atom stereocenters. The van der Waals surface area contributed by atoms with E-state index in [1.165, 1.54) is 19.3 Å². The van der Waals surface area contributed by atoms with Gasteiger partial charge in [-0.3, -0.25) is 4.79 Å². The summed E-state index contributed by atoms with van der Waals surface area (Å²) < 4.78 is 0. The summed E-state index contributed by atoms with van der Waals surface area (Å²) in [6, 6.07) is -0.283. The molecule has 3 nitrogen and oxygen atoms in total. The Morgan fingerprint density at radius 3 is 2.21 bits per heavy atom. The van der Waals surface area contributed by atoms with E-state index >= 15 is 0 Å². The first-order valence-electron chi connectivity index (χ1n) is 5.80. The van der Waals surface area contributed by atoms with E-state index in [0.29, 0.717) is 0 Å². The number of nitrogens with zero attached hydrogens (tertiary/aromatic N) is 1. The molecule has 0 aromatic rings. The third kappa shape index (κ3) is 3.29. The number of hydrogen-bond acceptors (Lipinski definition) is 2. The summed E-state index contributed by atoms with van der Waals surface area (Å²) in [6.07, 6.45) is 6.86. The molecule has 1 rings (SSSR count). The minimum atomic E-state index is -0.283. The third-order valence-electron chi connectivity index (χ3n) is 2.92. The predicted octanol–water partition coefficient (Wildman–Crippen LogP) is 1.52. The molecule has 1 aliphatic heterocycles. The first-order chi connectivity index (χ1) is 6.75. The number of nitrogens with two attached hydrogens (primary N) is 1. The van der Waals surface area contributed by atoms with Gasteiger partial charge in [0, 0.05) is 13.1 Å². The van der Waals surface area contributed by atoms with Crippen LogP contribution in [0.2, 0.25) is 0 Å². The fourth-order valence-electron chi connectivity index (χ4n) is 1.88. The maximum Gasteiger partial charge on any atom is 0.239 e. The molecule has 3 heteroatoms. The summed E-state index contributed by atoms with van der Waals surface area (Å²) in [4.78, 5) is 13.7. The smallest absolute Gasteiger partial charge is 0.239 e. The first kappa shape index (κ1) is 11.5. The molecule has 0 unspecified atom stereocenters. The van der Waals surface area contributed by atoms with Crippen molar-refractivity contribution in [3.63, 3.8) is 0 Å². The van der Waals surface area contributed by atoms with Crippen LogP contribution in [0.5, 0.6) is 0 Å². The lowest BCUT2D eigenvalue weighted by Gasteiger charge is -2.27. The van der Waals surface area contributed by atoms with E-state index in [-0.39, 0.29) is 11.9 Å². The van der Waals surface area contributed by atoms with Gasteiger partial charge in [-0.1, -0.05) is 26.2 Å². The fraction of sp³-hybridized carbons (Fsp3) is 0.909. The van der Waals surface area contributed by atoms with Crippen molar-refractivity contribution in [1.29, 1.82) is 0 Å². The molecule has 0 aromatic carbocycles. The molecule has 0 aliphatic carbocycles. The van der Waals surface area contributed by atoms with Crippen LogP contribution in [0.1, 0.15) is 45.4 Å². The SMILES string of the molecule is CC[C@H](N)C(=O)N1CCCCCCC1. The van der Waals surface area contributed by atoms with Gasteiger partial charge in [0.15, 0.2) is 0 Å². The number of hydrogen-bond donors (Lipinski definition) is 1. The summed E-state index contributed by atoms with van der Waals surface area (Å²) in [6.45, 7) is 3.78. The van der Waals surface area contributed by atoms with Crippen LogP contribution in [0.3, 0.4) is 0 Å². The second-order valence-electron chi connectivity index (χ2n) is 4.11. The van der Waals surface area contributed by atoms with Gasteiger partial charge in [0.1, 0.15) is 0 Å². The van der Waals surface area contributed by atoms with Gasteiger partial charge in [-0.25, -0.2) is 0 Å². The highest BCUT2D eigenvalue weighted by atomic mass is 16.2. The third-order valence-corrected chi connectivity index (χ3v) is 2.92. The molecule has 14 heavy (non-hydrogen) atoms. The van der Waals surface area contributed by atoms with Gasteiger partial charge in [0.05, 0.1) is 6.04 Å². The molecular formula is C11H22N2O. The van der Waals surface area contributed by atoms with Crippen LogP contribution in [0.4, 0.5) is 0 Å². The quantitative estimate of drug-likeness (QED) is 0.731. The van der Waals surface area contributed by atoms with E-state index < -0.39 is 0 Å². The molecule has 0 bridgehead atoms. The van der Waals surface area contributed by atoms with Crippen LogP contribution in [0.15, 0.2) is 0 Å². The number of rotatable bonds is 2. The molecule has 1 aliphatic rings. The first-order valence-corrected chi connectivity index (χ1v) is 5.80. The van der Waals surface area contributed by atoms with Gasteiger partial charge in [-0.05, 0) is 19.3 Å². The summed E-state index contributed by atoms with van der Waals surface area (Å²) in [5, 5.41) is 0. The predicted molar refractivity (Wildman–Crippen MR) is 57.9 cm³/mol. The van der Waals surface area contributed by atoms with Crippen molar-refractivity contribution >= 4 is 5.91 Å². The van der Waals surface area contributed by atoms with Gasteiger partial charge in [0.2, 0.25) is 5.91 Å². The lowest BCUT2D eigenvalue weighted by molar-refractivity contribution is -0.133. The monoisotopic (exact) mass is 198 g/mol. The summed E-state index contributed by atoms with van der Waals surface area (Å²) in [7, 11) is 0. The number of likely N-dealkylation sites (tertiary alicyclic amines) is 1. The van der Waals surface area contributed by atoms with Crippen LogP contribution >= 0.6 is 0 Å².